The number of hydrogen-bond acceptors (Lipinski definition) is 5. The molecule has 2 heterocycles. The number of methoxy groups -OCH3 is 1. The predicted molar refractivity (Wildman–Crippen MR) is 125 cm³/mol. The summed E-state index contributed by atoms with van der Waals surface area (Å²) >= 11 is 0. The fourth-order valence-corrected chi connectivity index (χ4v) is 5.00. The second-order valence-corrected chi connectivity index (χ2v) is 8.50. The van der Waals surface area contributed by atoms with Gasteiger partial charge in [-0.05, 0) is 40.8 Å². The van der Waals surface area contributed by atoms with Gasteiger partial charge in [0.2, 0.25) is 0 Å². The van der Waals surface area contributed by atoms with Gasteiger partial charge in [-0.25, -0.2) is 0 Å². The highest BCUT2D eigenvalue weighted by atomic mass is 16.5. The molecule has 0 spiro atoms. The number of hydrogen-bond donors (Lipinski definition) is 1. The Morgan fingerprint density at radius 2 is 1.75 bits per heavy atom. The molecule has 0 bridgehead atoms. The molecule has 1 saturated heterocycles. The molecule has 0 aliphatic carbocycles. The maximum Gasteiger partial charge on any atom is 0.161 e. The van der Waals surface area contributed by atoms with Gasteiger partial charge >= 0.3 is 0 Å². The van der Waals surface area contributed by atoms with Gasteiger partial charge in [-0.3, -0.25) is 4.90 Å². The van der Waals surface area contributed by atoms with Crippen LogP contribution >= 0.6 is 0 Å². The fraction of sp³-hybridized carbons (Fsp3) is 0.296. The molecule has 1 fully saturated rings. The maximum absolute atomic E-state index is 9.81. The molecule has 3 aromatic carbocycles. The summed E-state index contributed by atoms with van der Waals surface area (Å²) in [5.41, 5.74) is 5.69. The molecule has 0 amide bonds. The number of fused-ring (bicyclic) bond motifs is 3. The van der Waals surface area contributed by atoms with E-state index >= 15 is 0 Å². The van der Waals surface area contributed by atoms with Crippen LogP contribution in [-0.4, -0.2) is 36.0 Å². The van der Waals surface area contributed by atoms with Crippen molar-refractivity contribution < 1.29 is 14.7 Å². The van der Waals surface area contributed by atoms with Crippen molar-refractivity contribution in [2.75, 3.05) is 20.2 Å². The number of benzene rings is 3. The monoisotopic (exact) mass is 428 g/mol. The number of ether oxygens (including phenoxy) is 2. The second-order valence-electron chi connectivity index (χ2n) is 8.50. The van der Waals surface area contributed by atoms with Crippen molar-refractivity contribution >= 4 is 5.71 Å². The van der Waals surface area contributed by atoms with Crippen LogP contribution in [0.2, 0.25) is 0 Å². The Kier molecular flexibility index (Phi) is 5.82. The number of oxime groups is 1. The van der Waals surface area contributed by atoms with Crippen LogP contribution in [0.1, 0.15) is 40.6 Å². The van der Waals surface area contributed by atoms with E-state index in [0.29, 0.717) is 13.0 Å². The van der Waals surface area contributed by atoms with Gasteiger partial charge in [0.25, 0.3) is 0 Å². The van der Waals surface area contributed by atoms with E-state index < -0.39 is 0 Å². The molecule has 0 saturated carbocycles. The van der Waals surface area contributed by atoms with Crippen LogP contribution in [-0.2, 0) is 13.0 Å². The SMILES string of the molecule is COc1cc2c(cc1OCc1ccccc1)CCN1C[C@@H](c3ccccc3)C(=NO)C[C@H]21. The van der Waals surface area contributed by atoms with Crippen molar-refractivity contribution in [3.8, 4) is 11.5 Å². The van der Waals surface area contributed by atoms with Crippen LogP contribution in [0.4, 0.5) is 0 Å². The van der Waals surface area contributed by atoms with Gasteiger partial charge in [0.05, 0.1) is 12.8 Å². The van der Waals surface area contributed by atoms with E-state index in [1.807, 2.05) is 36.4 Å². The molecule has 32 heavy (non-hydrogen) atoms. The van der Waals surface area contributed by atoms with E-state index in [1.54, 1.807) is 7.11 Å². The van der Waals surface area contributed by atoms with E-state index in [9.17, 15) is 5.21 Å². The zero-order valence-electron chi connectivity index (χ0n) is 18.3. The summed E-state index contributed by atoms with van der Waals surface area (Å²) in [5.74, 6) is 1.64. The molecule has 2 aliphatic rings. The van der Waals surface area contributed by atoms with E-state index in [2.05, 4.69) is 46.5 Å². The van der Waals surface area contributed by atoms with E-state index in [4.69, 9.17) is 9.47 Å². The first-order chi connectivity index (χ1) is 15.8. The Morgan fingerprint density at radius 1 is 1.00 bits per heavy atom. The fourth-order valence-electron chi connectivity index (χ4n) is 5.00. The predicted octanol–water partition coefficient (Wildman–Crippen LogP) is 5.19. The standard InChI is InChI=1S/C27H28N2O3/c1-31-26-15-22-21(14-27(26)32-18-19-8-4-2-5-9-19)12-13-29-17-23(20-10-6-3-7-11-20)24(28-30)16-25(22)29/h2-11,14-15,23,25,30H,12-13,16-18H2,1H3/t23-,25+/m0/s1. The average molecular weight is 429 g/mol. The van der Waals surface area contributed by atoms with Gasteiger partial charge in [-0.1, -0.05) is 65.8 Å². The molecule has 5 heteroatoms. The molecule has 5 rings (SSSR count). The lowest BCUT2D eigenvalue weighted by atomic mass is 9.79. The first-order valence-electron chi connectivity index (χ1n) is 11.1. The minimum absolute atomic E-state index is 0.120. The third-order valence-electron chi connectivity index (χ3n) is 6.68. The minimum atomic E-state index is 0.120. The summed E-state index contributed by atoms with van der Waals surface area (Å²) in [6.45, 7) is 2.33. The summed E-state index contributed by atoms with van der Waals surface area (Å²) in [6, 6.07) is 24.9. The van der Waals surface area contributed by atoms with Crippen molar-refractivity contribution in [2.45, 2.75) is 31.4 Å². The van der Waals surface area contributed by atoms with E-state index in [1.165, 1.54) is 16.7 Å². The first-order valence-corrected chi connectivity index (χ1v) is 11.1. The summed E-state index contributed by atoms with van der Waals surface area (Å²) in [4.78, 5) is 2.51. The van der Waals surface area contributed by atoms with Crippen molar-refractivity contribution in [3.05, 3.63) is 95.1 Å². The smallest absolute Gasteiger partial charge is 0.161 e. The van der Waals surface area contributed by atoms with Crippen molar-refractivity contribution in [1.29, 1.82) is 0 Å². The number of piperidine rings is 1. The zero-order chi connectivity index (χ0) is 21.9. The second kappa shape index (κ2) is 9.05. The summed E-state index contributed by atoms with van der Waals surface area (Å²) in [6.07, 6.45) is 1.67. The van der Waals surface area contributed by atoms with Crippen LogP contribution in [0.15, 0.2) is 78.0 Å². The van der Waals surface area contributed by atoms with Crippen LogP contribution in [0.25, 0.3) is 0 Å². The lowest BCUT2D eigenvalue weighted by molar-refractivity contribution is 0.166. The molecular weight excluding hydrogens is 400 g/mol. The van der Waals surface area contributed by atoms with E-state index in [0.717, 1.165) is 42.3 Å². The van der Waals surface area contributed by atoms with Gasteiger partial charge in [-0.2, -0.15) is 0 Å². The Hall–Kier alpha value is -3.31. The molecule has 3 aromatic rings. The highest BCUT2D eigenvalue weighted by Crippen LogP contribution is 2.43. The van der Waals surface area contributed by atoms with Gasteiger partial charge in [0, 0.05) is 31.5 Å². The third kappa shape index (κ3) is 3.96. The third-order valence-corrected chi connectivity index (χ3v) is 6.68. The quantitative estimate of drug-likeness (QED) is 0.449. The number of rotatable bonds is 5. The Morgan fingerprint density at radius 3 is 2.47 bits per heavy atom. The van der Waals surface area contributed by atoms with Crippen molar-refractivity contribution in [1.82, 2.24) is 4.90 Å². The Bertz CT molecular complexity index is 1100. The molecule has 0 unspecified atom stereocenters. The highest BCUT2D eigenvalue weighted by Gasteiger charge is 2.38. The lowest BCUT2D eigenvalue weighted by Crippen LogP contribution is -2.45. The number of nitrogens with zero attached hydrogens (tertiary/aromatic N) is 2. The van der Waals surface area contributed by atoms with E-state index in [-0.39, 0.29) is 12.0 Å². The zero-order valence-corrected chi connectivity index (χ0v) is 18.3. The summed E-state index contributed by atoms with van der Waals surface area (Å²) in [7, 11) is 1.69. The summed E-state index contributed by atoms with van der Waals surface area (Å²) in [5, 5.41) is 13.5. The maximum atomic E-state index is 9.81. The lowest BCUT2D eigenvalue weighted by Gasteiger charge is -2.44. The van der Waals surface area contributed by atoms with Gasteiger partial charge in [0.1, 0.15) is 6.61 Å². The highest BCUT2D eigenvalue weighted by molar-refractivity contribution is 5.92. The van der Waals surface area contributed by atoms with Crippen LogP contribution < -0.4 is 9.47 Å². The Labute approximate surface area is 188 Å². The molecule has 1 N–H and O–H groups in total. The van der Waals surface area contributed by atoms with Gasteiger partial charge in [-0.15, -0.1) is 0 Å². The van der Waals surface area contributed by atoms with Crippen molar-refractivity contribution in [3.63, 3.8) is 0 Å². The molecule has 2 aliphatic heterocycles. The van der Waals surface area contributed by atoms with Crippen LogP contribution in [0, 0.1) is 0 Å². The first kappa shape index (κ1) is 20.6. The molecule has 164 valence electrons. The van der Waals surface area contributed by atoms with Crippen LogP contribution in [0.3, 0.4) is 0 Å². The molecule has 0 radical (unpaired) electrons. The topological polar surface area (TPSA) is 54.3 Å². The average Bonchev–Trinajstić information content (AvgIpc) is 2.87. The molecule has 2 atom stereocenters. The minimum Gasteiger partial charge on any atom is -0.493 e. The Balaban J connectivity index is 1.41. The van der Waals surface area contributed by atoms with Gasteiger partial charge in [0.15, 0.2) is 11.5 Å². The van der Waals surface area contributed by atoms with Gasteiger partial charge < -0.3 is 14.7 Å². The molecule has 5 nitrogen and oxygen atoms in total. The largest absolute Gasteiger partial charge is 0.493 e. The van der Waals surface area contributed by atoms with Crippen LogP contribution in [0.5, 0.6) is 11.5 Å². The van der Waals surface area contributed by atoms with Crippen molar-refractivity contribution in [2.24, 2.45) is 5.16 Å². The molecule has 0 aromatic heterocycles. The summed E-state index contributed by atoms with van der Waals surface area (Å²) < 4.78 is 11.8. The molecular formula is C27H28N2O3. The normalized spacial score (nSPS) is 21.6.